The summed E-state index contributed by atoms with van der Waals surface area (Å²) in [7, 11) is 0. The van der Waals surface area contributed by atoms with E-state index >= 15 is 0 Å². The molecule has 0 spiro atoms. The summed E-state index contributed by atoms with van der Waals surface area (Å²) >= 11 is 0. The Hall–Kier alpha value is -4.10. The first-order valence-electron chi connectivity index (χ1n) is 11.5. The van der Waals surface area contributed by atoms with Crippen molar-refractivity contribution >= 4 is 17.6 Å². The lowest BCUT2D eigenvalue weighted by atomic mass is 10.0. The predicted molar refractivity (Wildman–Crippen MR) is 122 cm³/mol. The highest BCUT2D eigenvalue weighted by atomic mass is 19.4. The van der Waals surface area contributed by atoms with Gasteiger partial charge < -0.3 is 20.1 Å². The lowest BCUT2D eigenvalue weighted by Crippen LogP contribution is -2.50. The van der Waals surface area contributed by atoms with Gasteiger partial charge in [0.15, 0.2) is 0 Å². The van der Waals surface area contributed by atoms with Crippen molar-refractivity contribution in [3.05, 3.63) is 65.5 Å². The molecule has 0 saturated carbocycles. The van der Waals surface area contributed by atoms with Gasteiger partial charge in [0.2, 0.25) is 5.82 Å². The Balaban J connectivity index is 1.37. The van der Waals surface area contributed by atoms with Gasteiger partial charge in [-0.2, -0.15) is 31.3 Å². The Kier molecular flexibility index (Phi) is 7.60. The van der Waals surface area contributed by atoms with E-state index in [1.807, 2.05) is 0 Å². The van der Waals surface area contributed by atoms with Crippen LogP contribution in [0.3, 0.4) is 0 Å². The SMILES string of the molecule is O=C(NCC1CCCCN1C(=O)Nc1ccc(-c2noc(C(F)(F)F)n2)cc1)c1cccc(C(F)(F)F)c1. The second-order valence-corrected chi connectivity index (χ2v) is 8.56. The predicted octanol–water partition coefficient (Wildman–Crippen LogP) is 5.59. The van der Waals surface area contributed by atoms with E-state index in [2.05, 4.69) is 25.3 Å². The lowest BCUT2D eigenvalue weighted by molar-refractivity contribution is -0.159. The van der Waals surface area contributed by atoms with Crippen LogP contribution >= 0.6 is 0 Å². The number of piperidine rings is 1. The molecule has 1 atom stereocenters. The average Bonchev–Trinajstić information content (AvgIpc) is 3.39. The number of halogens is 6. The summed E-state index contributed by atoms with van der Waals surface area (Å²) in [4.78, 5) is 30.2. The Labute approximate surface area is 212 Å². The number of carbonyl (C=O) groups excluding carboxylic acids is 2. The summed E-state index contributed by atoms with van der Waals surface area (Å²) in [6.07, 6.45) is -7.24. The number of benzene rings is 2. The Morgan fingerprint density at radius 3 is 2.39 bits per heavy atom. The molecule has 4 rings (SSSR count). The fourth-order valence-corrected chi connectivity index (χ4v) is 3.98. The average molecular weight is 541 g/mol. The van der Waals surface area contributed by atoms with Gasteiger partial charge in [-0.25, -0.2) is 4.79 Å². The van der Waals surface area contributed by atoms with E-state index in [1.165, 1.54) is 35.2 Å². The maximum atomic E-state index is 12.9. The molecule has 0 bridgehead atoms. The summed E-state index contributed by atoms with van der Waals surface area (Å²) in [6.45, 7) is 0.442. The van der Waals surface area contributed by atoms with E-state index in [-0.39, 0.29) is 23.5 Å². The van der Waals surface area contributed by atoms with Gasteiger partial charge >= 0.3 is 24.3 Å². The number of hydrogen-bond donors (Lipinski definition) is 2. The number of urea groups is 1. The van der Waals surface area contributed by atoms with Crippen molar-refractivity contribution in [2.24, 2.45) is 0 Å². The van der Waals surface area contributed by atoms with Crippen LogP contribution in [-0.2, 0) is 12.4 Å². The number of anilines is 1. The molecule has 8 nitrogen and oxygen atoms in total. The number of carbonyl (C=O) groups is 2. The molecule has 2 N–H and O–H groups in total. The van der Waals surface area contributed by atoms with E-state index < -0.39 is 41.8 Å². The highest BCUT2D eigenvalue weighted by Gasteiger charge is 2.38. The lowest BCUT2D eigenvalue weighted by Gasteiger charge is -2.35. The molecular formula is C24H21F6N5O3. The van der Waals surface area contributed by atoms with E-state index in [4.69, 9.17) is 0 Å². The van der Waals surface area contributed by atoms with Crippen molar-refractivity contribution < 1.29 is 40.5 Å². The molecule has 202 valence electrons. The number of nitrogens with zero attached hydrogens (tertiary/aromatic N) is 3. The van der Waals surface area contributed by atoms with Gasteiger partial charge in [0.1, 0.15) is 0 Å². The Morgan fingerprint density at radius 1 is 1.00 bits per heavy atom. The van der Waals surface area contributed by atoms with Crippen molar-refractivity contribution in [1.82, 2.24) is 20.4 Å². The zero-order valence-corrected chi connectivity index (χ0v) is 19.6. The second kappa shape index (κ2) is 10.7. The molecule has 1 aromatic heterocycles. The maximum Gasteiger partial charge on any atom is 0.471 e. The van der Waals surface area contributed by atoms with Crippen molar-refractivity contribution in [2.75, 3.05) is 18.4 Å². The molecule has 2 aromatic carbocycles. The van der Waals surface area contributed by atoms with Gasteiger partial charge in [-0.05, 0) is 61.7 Å². The number of rotatable bonds is 5. The highest BCUT2D eigenvalue weighted by molar-refractivity contribution is 5.94. The van der Waals surface area contributed by atoms with E-state index in [1.54, 1.807) is 0 Å². The maximum absolute atomic E-state index is 12.9. The molecule has 1 unspecified atom stereocenters. The first kappa shape index (κ1) is 26.9. The van der Waals surface area contributed by atoms with Crippen molar-refractivity contribution in [1.29, 1.82) is 0 Å². The standard InChI is InChI=1S/C24H21F6N5O3/c25-23(26,27)16-5-3-4-15(12-16)20(36)31-13-18-6-1-2-11-35(18)22(37)32-17-9-7-14(8-10-17)19-33-21(38-34-19)24(28,29)30/h3-5,7-10,12,18H,1-2,6,11,13H2,(H,31,36)(H,32,37). The van der Waals surface area contributed by atoms with Crippen LogP contribution in [0.4, 0.5) is 36.8 Å². The van der Waals surface area contributed by atoms with E-state index in [9.17, 15) is 35.9 Å². The summed E-state index contributed by atoms with van der Waals surface area (Å²) < 4.78 is 81.0. The van der Waals surface area contributed by atoms with Crippen molar-refractivity contribution in [2.45, 2.75) is 37.7 Å². The zero-order chi connectivity index (χ0) is 27.5. The van der Waals surface area contributed by atoms with Crippen LogP contribution in [0.25, 0.3) is 11.4 Å². The quantitative estimate of drug-likeness (QED) is 0.410. The van der Waals surface area contributed by atoms with Crippen LogP contribution in [0.1, 0.15) is 41.1 Å². The number of alkyl halides is 6. The molecule has 2 heterocycles. The van der Waals surface area contributed by atoms with Crippen molar-refractivity contribution in [3.63, 3.8) is 0 Å². The zero-order valence-electron chi connectivity index (χ0n) is 19.6. The molecule has 3 aromatic rings. The molecule has 0 aliphatic carbocycles. The van der Waals surface area contributed by atoms with Crippen LogP contribution in [0.2, 0.25) is 0 Å². The third-order valence-corrected chi connectivity index (χ3v) is 5.90. The third-order valence-electron chi connectivity index (χ3n) is 5.90. The largest absolute Gasteiger partial charge is 0.471 e. The monoisotopic (exact) mass is 541 g/mol. The summed E-state index contributed by atoms with van der Waals surface area (Å²) in [5, 5.41) is 8.61. The number of hydrogen-bond acceptors (Lipinski definition) is 5. The summed E-state index contributed by atoms with van der Waals surface area (Å²) in [5.41, 5.74) is -0.475. The molecular weight excluding hydrogens is 520 g/mol. The van der Waals surface area contributed by atoms with Gasteiger partial charge in [0, 0.05) is 29.9 Å². The molecule has 1 saturated heterocycles. The van der Waals surface area contributed by atoms with Gasteiger partial charge in [-0.15, -0.1) is 0 Å². The minimum Gasteiger partial charge on any atom is -0.350 e. The molecule has 1 fully saturated rings. The molecule has 1 aliphatic heterocycles. The first-order chi connectivity index (χ1) is 17.9. The molecule has 38 heavy (non-hydrogen) atoms. The van der Waals surface area contributed by atoms with Crippen LogP contribution in [-0.4, -0.2) is 46.1 Å². The number of aromatic nitrogens is 2. The minimum atomic E-state index is -4.77. The number of nitrogens with one attached hydrogen (secondary N) is 2. The van der Waals surface area contributed by atoms with Crippen molar-refractivity contribution in [3.8, 4) is 11.4 Å². The van der Waals surface area contributed by atoms with Gasteiger partial charge in [-0.1, -0.05) is 11.2 Å². The smallest absolute Gasteiger partial charge is 0.350 e. The van der Waals surface area contributed by atoms with E-state index in [0.717, 1.165) is 31.0 Å². The summed E-state index contributed by atoms with van der Waals surface area (Å²) in [6, 6.07) is 8.98. The molecule has 14 heteroatoms. The first-order valence-corrected chi connectivity index (χ1v) is 11.5. The Bertz CT molecular complexity index is 1290. The van der Waals surface area contributed by atoms with Crippen LogP contribution in [0.5, 0.6) is 0 Å². The second-order valence-electron chi connectivity index (χ2n) is 8.56. The highest BCUT2D eigenvalue weighted by Crippen LogP contribution is 2.30. The van der Waals surface area contributed by atoms with Gasteiger partial charge in [0.25, 0.3) is 5.91 Å². The third kappa shape index (κ3) is 6.42. The van der Waals surface area contributed by atoms with E-state index in [0.29, 0.717) is 18.7 Å². The Morgan fingerprint density at radius 2 is 1.74 bits per heavy atom. The summed E-state index contributed by atoms with van der Waals surface area (Å²) in [5.74, 6) is -2.42. The van der Waals surface area contributed by atoms with Gasteiger partial charge in [-0.3, -0.25) is 4.79 Å². The fraction of sp³-hybridized carbons (Fsp3) is 0.333. The molecule has 1 aliphatic rings. The van der Waals surface area contributed by atoms with Crippen LogP contribution in [0, 0.1) is 0 Å². The topological polar surface area (TPSA) is 100 Å². The minimum absolute atomic E-state index is 0.0425. The molecule has 0 radical (unpaired) electrons. The van der Waals surface area contributed by atoms with Gasteiger partial charge in [0.05, 0.1) is 11.6 Å². The molecule has 3 amide bonds. The van der Waals surface area contributed by atoms with Crippen LogP contribution in [0.15, 0.2) is 53.1 Å². The fourth-order valence-electron chi connectivity index (χ4n) is 3.98. The number of amides is 3. The number of likely N-dealkylation sites (tertiary alicyclic amines) is 1. The van der Waals surface area contributed by atoms with Crippen LogP contribution < -0.4 is 10.6 Å². The normalized spacial score (nSPS) is 16.3.